The summed E-state index contributed by atoms with van der Waals surface area (Å²) in [7, 11) is 2.20. The van der Waals surface area contributed by atoms with Crippen LogP contribution in [0.4, 0.5) is 0 Å². The minimum Gasteiger partial charge on any atom is -0.377 e. The molecule has 6 nitrogen and oxygen atoms in total. The molecule has 1 aromatic carbocycles. The monoisotopic (exact) mass is 431 g/mol. The van der Waals surface area contributed by atoms with Crippen LogP contribution in [0, 0.1) is 0 Å². The molecule has 1 aliphatic rings. The van der Waals surface area contributed by atoms with Crippen molar-refractivity contribution in [1.29, 1.82) is 0 Å². The van der Waals surface area contributed by atoms with Crippen LogP contribution in [0.25, 0.3) is 0 Å². The molecule has 1 unspecified atom stereocenters. The molecular formula is C25H45N5O. The number of guanidine groups is 1. The Kier molecular flexibility index (Phi) is 11.9. The minimum atomic E-state index is 0.318. The molecule has 2 N–H and O–H groups in total. The zero-order chi connectivity index (χ0) is 22.5. The molecule has 0 amide bonds. The summed E-state index contributed by atoms with van der Waals surface area (Å²) in [6.07, 6.45) is 3.68. The van der Waals surface area contributed by atoms with Crippen molar-refractivity contribution in [1.82, 2.24) is 20.4 Å². The Balaban J connectivity index is 1.71. The van der Waals surface area contributed by atoms with Gasteiger partial charge in [-0.3, -0.25) is 9.89 Å². The minimum absolute atomic E-state index is 0.318. The van der Waals surface area contributed by atoms with E-state index in [0.29, 0.717) is 18.2 Å². The fraction of sp³-hybridized carbons (Fsp3) is 0.720. The van der Waals surface area contributed by atoms with E-state index < -0.39 is 0 Å². The summed E-state index contributed by atoms with van der Waals surface area (Å²) < 4.78 is 5.69. The lowest BCUT2D eigenvalue weighted by Crippen LogP contribution is -2.49. The highest BCUT2D eigenvalue weighted by Gasteiger charge is 2.20. The number of aliphatic imine (C=N–C) groups is 1. The molecule has 1 aromatic rings. The second-order valence-electron chi connectivity index (χ2n) is 8.98. The number of likely N-dealkylation sites (tertiary alicyclic amines) is 1. The van der Waals surface area contributed by atoms with Gasteiger partial charge in [-0.1, -0.05) is 30.3 Å². The van der Waals surface area contributed by atoms with Crippen LogP contribution in [0.1, 0.15) is 52.5 Å². The van der Waals surface area contributed by atoms with E-state index in [9.17, 15) is 0 Å². The van der Waals surface area contributed by atoms with Gasteiger partial charge in [0, 0.05) is 51.4 Å². The Bertz CT molecular complexity index is 614. The van der Waals surface area contributed by atoms with Gasteiger partial charge in [0.2, 0.25) is 0 Å². The second-order valence-corrected chi connectivity index (χ2v) is 8.98. The van der Waals surface area contributed by atoms with Crippen LogP contribution in [-0.2, 0) is 11.3 Å². The van der Waals surface area contributed by atoms with Gasteiger partial charge in [-0.2, -0.15) is 0 Å². The Morgan fingerprint density at radius 2 is 1.90 bits per heavy atom. The number of piperidine rings is 1. The van der Waals surface area contributed by atoms with Crippen molar-refractivity contribution in [3.8, 4) is 0 Å². The van der Waals surface area contributed by atoms with E-state index in [0.717, 1.165) is 71.1 Å². The van der Waals surface area contributed by atoms with Crippen LogP contribution in [0.3, 0.4) is 0 Å². The van der Waals surface area contributed by atoms with Crippen molar-refractivity contribution >= 4 is 5.96 Å². The maximum atomic E-state index is 5.69. The van der Waals surface area contributed by atoms with Crippen molar-refractivity contribution in [3.05, 3.63) is 35.9 Å². The maximum absolute atomic E-state index is 5.69. The Morgan fingerprint density at radius 3 is 2.55 bits per heavy atom. The van der Waals surface area contributed by atoms with Crippen molar-refractivity contribution in [2.24, 2.45) is 4.99 Å². The molecule has 0 spiro atoms. The average molecular weight is 432 g/mol. The third-order valence-electron chi connectivity index (χ3n) is 5.98. The van der Waals surface area contributed by atoms with E-state index >= 15 is 0 Å². The highest BCUT2D eigenvalue weighted by atomic mass is 16.5. The molecule has 0 aliphatic carbocycles. The number of hydrogen-bond acceptors (Lipinski definition) is 4. The van der Waals surface area contributed by atoms with Crippen molar-refractivity contribution in [2.45, 2.75) is 71.7 Å². The molecule has 1 fully saturated rings. The summed E-state index contributed by atoms with van der Waals surface area (Å²) in [5.41, 5.74) is 1.36. The summed E-state index contributed by atoms with van der Waals surface area (Å²) in [6.45, 7) is 15.4. The maximum Gasteiger partial charge on any atom is 0.191 e. The number of hydrogen-bond donors (Lipinski definition) is 2. The van der Waals surface area contributed by atoms with Crippen LogP contribution in [0.15, 0.2) is 35.3 Å². The summed E-state index contributed by atoms with van der Waals surface area (Å²) in [5, 5.41) is 7.08. The first-order chi connectivity index (χ1) is 15.0. The van der Waals surface area contributed by atoms with Gasteiger partial charge >= 0.3 is 0 Å². The Hall–Kier alpha value is -1.63. The molecular weight excluding hydrogens is 386 g/mol. The molecule has 0 bridgehead atoms. The standard InChI is InChI=1S/C25H45N5O/c1-6-26-25(28-24-13-16-30(17-14-24)18-19-31-21(2)3)27-15-12-22(4)29(5)20-23-10-8-7-9-11-23/h7-11,21-22,24H,6,12-20H2,1-5H3,(H2,26,27,28). The molecule has 2 rings (SSSR count). The van der Waals surface area contributed by atoms with E-state index in [-0.39, 0.29) is 0 Å². The highest BCUT2D eigenvalue weighted by molar-refractivity contribution is 5.80. The lowest BCUT2D eigenvalue weighted by atomic mass is 10.1. The van der Waals surface area contributed by atoms with Crippen LogP contribution in [0.2, 0.25) is 0 Å². The van der Waals surface area contributed by atoms with Gasteiger partial charge in [0.05, 0.1) is 12.7 Å². The zero-order valence-corrected chi connectivity index (χ0v) is 20.4. The van der Waals surface area contributed by atoms with E-state index in [1.807, 2.05) is 0 Å². The lowest BCUT2D eigenvalue weighted by Gasteiger charge is -2.33. The summed E-state index contributed by atoms with van der Waals surface area (Å²) in [5.74, 6) is 0.960. The summed E-state index contributed by atoms with van der Waals surface area (Å²) in [4.78, 5) is 9.77. The van der Waals surface area contributed by atoms with Gasteiger partial charge in [-0.25, -0.2) is 0 Å². The van der Waals surface area contributed by atoms with Crippen molar-refractivity contribution in [3.63, 3.8) is 0 Å². The first kappa shape index (κ1) is 25.6. The van der Waals surface area contributed by atoms with E-state index in [1.54, 1.807) is 0 Å². The fourth-order valence-corrected chi connectivity index (χ4v) is 3.84. The number of nitrogens with zero attached hydrogens (tertiary/aromatic N) is 3. The third-order valence-corrected chi connectivity index (χ3v) is 5.98. The highest BCUT2D eigenvalue weighted by Crippen LogP contribution is 2.11. The van der Waals surface area contributed by atoms with Gasteiger partial charge in [0.25, 0.3) is 0 Å². The Morgan fingerprint density at radius 1 is 1.19 bits per heavy atom. The van der Waals surface area contributed by atoms with E-state index in [1.165, 1.54) is 5.56 Å². The topological polar surface area (TPSA) is 52.1 Å². The number of benzene rings is 1. The van der Waals surface area contributed by atoms with Crippen LogP contribution in [-0.4, -0.2) is 80.3 Å². The summed E-state index contributed by atoms with van der Waals surface area (Å²) in [6, 6.07) is 11.7. The zero-order valence-electron chi connectivity index (χ0n) is 20.4. The molecule has 1 saturated heterocycles. The molecule has 31 heavy (non-hydrogen) atoms. The third kappa shape index (κ3) is 10.5. The number of nitrogens with one attached hydrogen (secondary N) is 2. The molecule has 0 saturated carbocycles. The molecule has 176 valence electrons. The van der Waals surface area contributed by atoms with E-state index in [4.69, 9.17) is 9.73 Å². The molecule has 0 radical (unpaired) electrons. The first-order valence-corrected chi connectivity index (χ1v) is 12.1. The summed E-state index contributed by atoms with van der Waals surface area (Å²) >= 11 is 0. The van der Waals surface area contributed by atoms with Crippen LogP contribution < -0.4 is 10.6 Å². The smallest absolute Gasteiger partial charge is 0.191 e. The van der Waals surface area contributed by atoms with Gasteiger partial charge in [-0.05, 0) is 59.6 Å². The first-order valence-electron chi connectivity index (χ1n) is 12.1. The SMILES string of the molecule is CCNC(=NCCC(C)N(C)Cc1ccccc1)NC1CCN(CCOC(C)C)CC1. The lowest BCUT2D eigenvalue weighted by molar-refractivity contribution is 0.0532. The predicted molar refractivity (Wildman–Crippen MR) is 132 cm³/mol. The van der Waals surface area contributed by atoms with Crippen LogP contribution in [0.5, 0.6) is 0 Å². The quantitative estimate of drug-likeness (QED) is 0.393. The van der Waals surface area contributed by atoms with Gasteiger partial charge in [0.1, 0.15) is 0 Å². The Labute approximate surface area is 190 Å². The van der Waals surface area contributed by atoms with Gasteiger partial charge in [0.15, 0.2) is 5.96 Å². The van der Waals surface area contributed by atoms with Crippen LogP contribution >= 0.6 is 0 Å². The second kappa shape index (κ2) is 14.4. The predicted octanol–water partition coefficient (Wildman–Crippen LogP) is 3.34. The van der Waals surface area contributed by atoms with E-state index in [2.05, 4.69) is 85.5 Å². The molecule has 1 atom stereocenters. The number of ether oxygens (including phenoxy) is 1. The van der Waals surface area contributed by atoms with Gasteiger partial charge in [-0.15, -0.1) is 0 Å². The molecule has 0 aromatic heterocycles. The molecule has 6 heteroatoms. The molecule has 1 aliphatic heterocycles. The largest absolute Gasteiger partial charge is 0.377 e. The van der Waals surface area contributed by atoms with Gasteiger partial charge < -0.3 is 20.3 Å². The van der Waals surface area contributed by atoms with Crippen molar-refractivity contribution in [2.75, 3.05) is 46.4 Å². The normalized spacial score (nSPS) is 17.3. The number of rotatable bonds is 12. The van der Waals surface area contributed by atoms with Crippen molar-refractivity contribution < 1.29 is 4.74 Å². The fourth-order valence-electron chi connectivity index (χ4n) is 3.84. The molecule has 1 heterocycles. The average Bonchev–Trinajstić information content (AvgIpc) is 2.75.